The van der Waals surface area contributed by atoms with Crippen LogP contribution in [0.25, 0.3) is 16.6 Å². The van der Waals surface area contributed by atoms with E-state index in [4.69, 9.17) is 16.7 Å². The minimum absolute atomic E-state index is 0.122. The third-order valence-electron chi connectivity index (χ3n) is 4.72. The molecule has 0 atom stereocenters. The van der Waals surface area contributed by atoms with Gasteiger partial charge in [-0.05, 0) is 41.5 Å². The molecule has 0 unspecified atom stereocenters. The molecule has 0 aliphatic carbocycles. The van der Waals surface area contributed by atoms with Gasteiger partial charge in [0.2, 0.25) is 5.91 Å². The van der Waals surface area contributed by atoms with Crippen LogP contribution in [0.5, 0.6) is 0 Å². The molecule has 0 bridgehead atoms. The van der Waals surface area contributed by atoms with Crippen molar-refractivity contribution in [1.82, 2.24) is 25.1 Å². The van der Waals surface area contributed by atoms with Crippen molar-refractivity contribution in [3.63, 3.8) is 0 Å². The number of aromatic nitrogens is 4. The second-order valence-corrected chi connectivity index (χ2v) is 7.27. The number of H-pyrrole nitrogens is 1. The lowest BCUT2D eigenvalue weighted by Gasteiger charge is -2.10. The number of carboxylic acids is 1. The van der Waals surface area contributed by atoms with Gasteiger partial charge in [-0.3, -0.25) is 14.2 Å². The van der Waals surface area contributed by atoms with Crippen molar-refractivity contribution >= 4 is 34.4 Å². The van der Waals surface area contributed by atoms with Crippen molar-refractivity contribution in [2.24, 2.45) is 0 Å². The molecule has 4 rings (SSSR count). The van der Waals surface area contributed by atoms with Crippen molar-refractivity contribution in [3.8, 4) is 5.69 Å². The monoisotopic (exact) mass is 437 g/mol. The van der Waals surface area contributed by atoms with Crippen LogP contribution in [-0.4, -0.2) is 36.7 Å². The number of pyridine rings is 1. The quantitative estimate of drug-likeness (QED) is 0.424. The summed E-state index contributed by atoms with van der Waals surface area (Å²) in [6, 6.07) is 11.9. The lowest BCUT2D eigenvalue weighted by atomic mass is 10.1. The third-order valence-corrected chi connectivity index (χ3v) is 4.94. The second kappa shape index (κ2) is 8.41. The van der Waals surface area contributed by atoms with Crippen LogP contribution in [0.15, 0.2) is 59.9 Å². The number of aromatic amines is 1. The Labute approximate surface area is 180 Å². The zero-order chi connectivity index (χ0) is 22.0. The molecule has 9 nitrogen and oxygen atoms in total. The summed E-state index contributed by atoms with van der Waals surface area (Å²) >= 11 is 6.13. The minimum atomic E-state index is -1.33. The van der Waals surface area contributed by atoms with Gasteiger partial charge < -0.3 is 15.4 Å². The standard InChI is InChI=1S/C21H16ClN5O4/c22-15-6-13-8-17(21(30)31)20(29)26-19(13)14(7-15)9-23-18(28)5-12-1-3-16(4-2-12)27-10-24-25-11-27/h1-4,6-8,10-11H,5,9H2,(H,23,28)(H,26,29)(H,30,31). The number of halogens is 1. The maximum Gasteiger partial charge on any atom is 0.341 e. The van der Waals surface area contributed by atoms with Crippen LogP contribution in [0.1, 0.15) is 21.5 Å². The lowest BCUT2D eigenvalue weighted by molar-refractivity contribution is -0.120. The molecule has 2 heterocycles. The van der Waals surface area contributed by atoms with E-state index in [0.29, 0.717) is 21.5 Å². The first-order chi connectivity index (χ1) is 14.9. The molecule has 0 saturated carbocycles. The van der Waals surface area contributed by atoms with Gasteiger partial charge in [0, 0.05) is 22.6 Å². The maximum absolute atomic E-state index is 12.4. The summed E-state index contributed by atoms with van der Waals surface area (Å²) in [6.45, 7) is 0.122. The largest absolute Gasteiger partial charge is 0.477 e. The smallest absolute Gasteiger partial charge is 0.341 e. The van der Waals surface area contributed by atoms with Gasteiger partial charge in [-0.25, -0.2) is 4.79 Å². The molecule has 0 spiro atoms. The van der Waals surface area contributed by atoms with E-state index in [-0.39, 0.29) is 24.4 Å². The number of fused-ring (bicyclic) bond motifs is 1. The number of carbonyl (C=O) groups excluding carboxylic acids is 1. The van der Waals surface area contributed by atoms with E-state index >= 15 is 0 Å². The highest BCUT2D eigenvalue weighted by atomic mass is 35.5. The molecular formula is C21H16ClN5O4. The van der Waals surface area contributed by atoms with E-state index in [1.807, 2.05) is 24.3 Å². The van der Waals surface area contributed by atoms with Gasteiger partial charge >= 0.3 is 5.97 Å². The topological polar surface area (TPSA) is 130 Å². The summed E-state index contributed by atoms with van der Waals surface area (Å²) < 4.78 is 1.75. The van der Waals surface area contributed by atoms with Gasteiger partial charge in [0.05, 0.1) is 11.9 Å². The Bertz CT molecular complexity index is 1330. The molecule has 31 heavy (non-hydrogen) atoms. The minimum Gasteiger partial charge on any atom is -0.477 e. The summed E-state index contributed by atoms with van der Waals surface area (Å²) in [5, 5.41) is 20.3. The average molecular weight is 438 g/mol. The number of amides is 1. The number of carbonyl (C=O) groups is 2. The molecule has 3 N–H and O–H groups in total. The molecule has 0 aliphatic rings. The highest BCUT2D eigenvalue weighted by Gasteiger charge is 2.13. The lowest BCUT2D eigenvalue weighted by Crippen LogP contribution is -2.25. The molecule has 156 valence electrons. The first-order valence-electron chi connectivity index (χ1n) is 9.20. The number of rotatable bonds is 6. The van der Waals surface area contributed by atoms with Crippen LogP contribution in [0.3, 0.4) is 0 Å². The van der Waals surface area contributed by atoms with Crippen molar-refractivity contribution < 1.29 is 14.7 Å². The van der Waals surface area contributed by atoms with E-state index in [0.717, 1.165) is 11.3 Å². The van der Waals surface area contributed by atoms with Crippen molar-refractivity contribution in [1.29, 1.82) is 0 Å². The maximum atomic E-state index is 12.4. The highest BCUT2D eigenvalue weighted by Crippen LogP contribution is 2.22. The first kappa shape index (κ1) is 20.3. The molecular weight excluding hydrogens is 422 g/mol. The molecule has 0 saturated heterocycles. The van der Waals surface area contributed by atoms with E-state index in [9.17, 15) is 14.4 Å². The van der Waals surface area contributed by atoms with Crippen LogP contribution < -0.4 is 10.9 Å². The summed E-state index contributed by atoms with van der Waals surface area (Å²) in [7, 11) is 0. The molecule has 0 radical (unpaired) electrons. The van der Waals surface area contributed by atoms with Crippen LogP contribution in [0.4, 0.5) is 0 Å². The van der Waals surface area contributed by atoms with Crippen LogP contribution >= 0.6 is 11.6 Å². The van der Waals surface area contributed by atoms with Gasteiger partial charge in [0.25, 0.3) is 5.56 Å². The Morgan fingerprint density at radius 1 is 1.10 bits per heavy atom. The fourth-order valence-corrected chi connectivity index (χ4v) is 3.46. The van der Waals surface area contributed by atoms with E-state index < -0.39 is 11.5 Å². The molecule has 1 amide bonds. The second-order valence-electron chi connectivity index (χ2n) is 6.84. The Morgan fingerprint density at radius 2 is 1.81 bits per heavy atom. The molecule has 2 aromatic carbocycles. The molecule has 2 aromatic heterocycles. The normalized spacial score (nSPS) is 10.9. The predicted octanol–water partition coefficient (Wildman–Crippen LogP) is 2.32. The summed E-state index contributed by atoms with van der Waals surface area (Å²) in [4.78, 5) is 38.2. The van der Waals surface area contributed by atoms with Crippen molar-refractivity contribution in [2.75, 3.05) is 0 Å². The Hall–Kier alpha value is -3.98. The molecule has 4 aromatic rings. The molecule has 0 fully saturated rings. The van der Waals surface area contributed by atoms with Crippen LogP contribution in [0, 0.1) is 0 Å². The van der Waals surface area contributed by atoms with E-state index in [1.165, 1.54) is 6.07 Å². The summed E-state index contributed by atoms with van der Waals surface area (Å²) in [6.07, 6.45) is 3.34. The highest BCUT2D eigenvalue weighted by molar-refractivity contribution is 6.31. The third kappa shape index (κ3) is 4.46. The SMILES string of the molecule is O=C(Cc1ccc(-n2cnnc2)cc1)NCc1cc(Cl)cc2cc(C(=O)O)c(=O)[nH]c12. The van der Waals surface area contributed by atoms with Gasteiger partial charge in [-0.1, -0.05) is 23.7 Å². The first-order valence-corrected chi connectivity index (χ1v) is 9.58. The van der Waals surface area contributed by atoms with Crippen molar-refractivity contribution in [2.45, 2.75) is 13.0 Å². The molecule has 10 heteroatoms. The summed E-state index contributed by atoms with van der Waals surface area (Å²) in [5.74, 6) is -1.54. The zero-order valence-electron chi connectivity index (χ0n) is 16.0. The van der Waals surface area contributed by atoms with Gasteiger partial charge in [0.1, 0.15) is 18.2 Å². The molecule has 0 aliphatic heterocycles. The van der Waals surface area contributed by atoms with Gasteiger partial charge in [-0.2, -0.15) is 0 Å². The number of aromatic carboxylic acids is 1. The Balaban J connectivity index is 1.48. The van der Waals surface area contributed by atoms with E-state index in [1.54, 1.807) is 29.4 Å². The van der Waals surface area contributed by atoms with E-state index in [2.05, 4.69) is 20.5 Å². The van der Waals surface area contributed by atoms with Crippen LogP contribution in [0.2, 0.25) is 5.02 Å². The number of hydrogen-bond acceptors (Lipinski definition) is 5. The predicted molar refractivity (Wildman–Crippen MR) is 113 cm³/mol. The van der Waals surface area contributed by atoms with Gasteiger partial charge in [-0.15, -0.1) is 10.2 Å². The number of nitrogens with one attached hydrogen (secondary N) is 2. The van der Waals surface area contributed by atoms with Crippen LogP contribution in [-0.2, 0) is 17.8 Å². The number of hydrogen-bond donors (Lipinski definition) is 3. The Morgan fingerprint density at radius 3 is 2.48 bits per heavy atom. The average Bonchev–Trinajstić information content (AvgIpc) is 3.27. The number of nitrogens with zero attached hydrogens (tertiary/aromatic N) is 3. The summed E-state index contributed by atoms with van der Waals surface area (Å²) in [5.41, 5.74) is 1.61. The number of carboxylic acid groups (broad SMARTS) is 1. The number of benzene rings is 2. The van der Waals surface area contributed by atoms with Gasteiger partial charge in [0.15, 0.2) is 0 Å². The van der Waals surface area contributed by atoms with Crippen molar-refractivity contribution in [3.05, 3.63) is 87.2 Å². The fourth-order valence-electron chi connectivity index (χ4n) is 3.21. The zero-order valence-corrected chi connectivity index (χ0v) is 16.8. The fraction of sp³-hybridized carbons (Fsp3) is 0.0952. The Kier molecular flexibility index (Phi) is 5.50.